The molecule has 1 heterocycles. The molecule has 1 saturated carbocycles. The average molecular weight is 238 g/mol. The molecule has 2 fully saturated rings. The van der Waals surface area contributed by atoms with Gasteiger partial charge in [-0.15, -0.1) is 0 Å². The molecule has 2 heteroatoms. The molecule has 0 radical (unpaired) electrons. The Kier molecular flexibility index (Phi) is 4.48. The van der Waals surface area contributed by atoms with Crippen LogP contribution < -0.4 is 5.32 Å². The highest BCUT2D eigenvalue weighted by molar-refractivity contribution is 4.87. The summed E-state index contributed by atoms with van der Waals surface area (Å²) in [6, 6.07) is 1.68. The predicted octanol–water partition coefficient (Wildman–Crippen LogP) is 3.03. The minimum absolute atomic E-state index is 0.610. The van der Waals surface area contributed by atoms with E-state index in [1.807, 2.05) is 0 Å². The minimum Gasteiger partial charge on any atom is -0.314 e. The van der Waals surface area contributed by atoms with Crippen molar-refractivity contribution in [2.75, 3.05) is 19.6 Å². The van der Waals surface area contributed by atoms with Crippen LogP contribution in [0.4, 0.5) is 0 Å². The van der Waals surface area contributed by atoms with Gasteiger partial charge in [-0.3, -0.25) is 0 Å². The SMILES string of the molecule is CCNC1CCN(C2CCC(C)(C)CC2)CC1. The van der Waals surface area contributed by atoms with Gasteiger partial charge >= 0.3 is 0 Å². The predicted molar refractivity (Wildman–Crippen MR) is 74.3 cm³/mol. The van der Waals surface area contributed by atoms with Gasteiger partial charge in [0.1, 0.15) is 0 Å². The first-order valence-corrected chi connectivity index (χ1v) is 7.58. The lowest BCUT2D eigenvalue weighted by molar-refractivity contribution is 0.0821. The largest absolute Gasteiger partial charge is 0.314 e. The third kappa shape index (κ3) is 3.69. The number of piperidine rings is 1. The van der Waals surface area contributed by atoms with Crippen LogP contribution in [0, 0.1) is 5.41 Å². The van der Waals surface area contributed by atoms with Crippen LogP contribution in [-0.4, -0.2) is 36.6 Å². The van der Waals surface area contributed by atoms with Gasteiger partial charge in [-0.25, -0.2) is 0 Å². The molecule has 17 heavy (non-hydrogen) atoms. The number of hydrogen-bond acceptors (Lipinski definition) is 2. The van der Waals surface area contributed by atoms with E-state index in [2.05, 4.69) is 31.0 Å². The van der Waals surface area contributed by atoms with E-state index in [0.29, 0.717) is 5.41 Å². The Balaban J connectivity index is 1.74. The highest BCUT2D eigenvalue weighted by Gasteiger charge is 2.31. The van der Waals surface area contributed by atoms with Gasteiger partial charge in [0.05, 0.1) is 0 Å². The van der Waals surface area contributed by atoms with Crippen molar-refractivity contribution in [3.05, 3.63) is 0 Å². The Bertz CT molecular complexity index is 219. The Labute approximate surface area is 107 Å². The minimum atomic E-state index is 0.610. The van der Waals surface area contributed by atoms with E-state index in [4.69, 9.17) is 0 Å². The second-order valence-electron chi connectivity index (χ2n) is 6.76. The molecule has 0 atom stereocenters. The van der Waals surface area contributed by atoms with E-state index >= 15 is 0 Å². The maximum Gasteiger partial charge on any atom is 0.00956 e. The van der Waals surface area contributed by atoms with E-state index in [1.54, 1.807) is 0 Å². The van der Waals surface area contributed by atoms with Crippen LogP contribution in [0.1, 0.15) is 59.3 Å². The average Bonchev–Trinajstić information content (AvgIpc) is 2.31. The summed E-state index contributed by atoms with van der Waals surface area (Å²) in [6.45, 7) is 10.9. The van der Waals surface area contributed by atoms with Gasteiger partial charge in [0.2, 0.25) is 0 Å². The fraction of sp³-hybridized carbons (Fsp3) is 1.00. The van der Waals surface area contributed by atoms with Crippen molar-refractivity contribution >= 4 is 0 Å². The van der Waals surface area contributed by atoms with Crippen LogP contribution in [0.3, 0.4) is 0 Å². The second-order valence-corrected chi connectivity index (χ2v) is 6.76. The molecule has 0 aromatic heterocycles. The van der Waals surface area contributed by atoms with Crippen molar-refractivity contribution < 1.29 is 0 Å². The molecule has 2 nitrogen and oxygen atoms in total. The van der Waals surface area contributed by atoms with Gasteiger partial charge in [0, 0.05) is 12.1 Å². The van der Waals surface area contributed by atoms with Crippen LogP contribution in [0.2, 0.25) is 0 Å². The third-order valence-corrected chi connectivity index (χ3v) is 4.85. The van der Waals surface area contributed by atoms with E-state index in [0.717, 1.165) is 18.6 Å². The molecule has 2 aliphatic rings. The zero-order valence-electron chi connectivity index (χ0n) is 12.0. The number of likely N-dealkylation sites (tertiary alicyclic amines) is 1. The van der Waals surface area contributed by atoms with Crippen LogP contribution in [-0.2, 0) is 0 Å². The molecule has 1 aliphatic carbocycles. The summed E-state index contributed by atoms with van der Waals surface area (Å²) in [5.74, 6) is 0. The van der Waals surface area contributed by atoms with Crippen LogP contribution >= 0.6 is 0 Å². The zero-order valence-corrected chi connectivity index (χ0v) is 12.0. The molecule has 2 rings (SSSR count). The summed E-state index contributed by atoms with van der Waals surface area (Å²) < 4.78 is 0. The van der Waals surface area contributed by atoms with Crippen molar-refractivity contribution in [3.63, 3.8) is 0 Å². The maximum absolute atomic E-state index is 3.59. The van der Waals surface area contributed by atoms with Crippen LogP contribution in [0.5, 0.6) is 0 Å². The monoisotopic (exact) mass is 238 g/mol. The first kappa shape index (κ1) is 13.4. The smallest absolute Gasteiger partial charge is 0.00956 e. The van der Waals surface area contributed by atoms with Gasteiger partial charge in [-0.05, 0) is 63.6 Å². The Morgan fingerprint density at radius 3 is 2.18 bits per heavy atom. The summed E-state index contributed by atoms with van der Waals surface area (Å²) in [5.41, 5.74) is 0.610. The summed E-state index contributed by atoms with van der Waals surface area (Å²) in [6.07, 6.45) is 8.41. The van der Waals surface area contributed by atoms with Gasteiger partial charge in [-0.1, -0.05) is 20.8 Å². The van der Waals surface area contributed by atoms with Crippen LogP contribution in [0.15, 0.2) is 0 Å². The summed E-state index contributed by atoms with van der Waals surface area (Å²) in [7, 11) is 0. The fourth-order valence-electron chi connectivity index (χ4n) is 3.51. The topological polar surface area (TPSA) is 15.3 Å². The summed E-state index contributed by atoms with van der Waals surface area (Å²) in [5, 5.41) is 3.59. The van der Waals surface area contributed by atoms with Crippen molar-refractivity contribution in [2.45, 2.75) is 71.4 Å². The lowest BCUT2D eigenvalue weighted by Gasteiger charge is -2.43. The van der Waals surface area contributed by atoms with Gasteiger partial charge in [0.15, 0.2) is 0 Å². The molecule has 0 aromatic carbocycles. The standard InChI is InChI=1S/C15H30N2/c1-4-16-13-7-11-17(12-8-13)14-5-9-15(2,3)10-6-14/h13-14,16H,4-12H2,1-3H3. The number of nitrogens with one attached hydrogen (secondary N) is 1. The lowest BCUT2D eigenvalue weighted by Crippen LogP contribution is -2.48. The molecule has 0 amide bonds. The Hall–Kier alpha value is -0.0800. The van der Waals surface area contributed by atoms with E-state index in [9.17, 15) is 0 Å². The molecule has 100 valence electrons. The molecule has 1 N–H and O–H groups in total. The first-order valence-electron chi connectivity index (χ1n) is 7.58. The molecule has 1 aliphatic heterocycles. The number of rotatable bonds is 3. The highest BCUT2D eigenvalue weighted by Crippen LogP contribution is 2.37. The van der Waals surface area contributed by atoms with Crippen molar-refractivity contribution in [1.82, 2.24) is 10.2 Å². The maximum atomic E-state index is 3.59. The molecule has 0 spiro atoms. The van der Waals surface area contributed by atoms with Crippen molar-refractivity contribution in [2.24, 2.45) is 5.41 Å². The van der Waals surface area contributed by atoms with Crippen molar-refractivity contribution in [3.8, 4) is 0 Å². The molecule has 1 saturated heterocycles. The summed E-state index contributed by atoms with van der Waals surface area (Å²) >= 11 is 0. The van der Waals surface area contributed by atoms with Crippen LogP contribution in [0.25, 0.3) is 0 Å². The highest BCUT2D eigenvalue weighted by atomic mass is 15.2. The quantitative estimate of drug-likeness (QED) is 0.813. The van der Waals surface area contributed by atoms with Crippen molar-refractivity contribution in [1.29, 1.82) is 0 Å². The lowest BCUT2D eigenvalue weighted by atomic mass is 9.75. The van der Waals surface area contributed by atoms with Gasteiger partial charge < -0.3 is 10.2 Å². The molecular weight excluding hydrogens is 208 g/mol. The van der Waals surface area contributed by atoms with E-state index in [1.165, 1.54) is 51.6 Å². The number of nitrogens with zero attached hydrogens (tertiary/aromatic N) is 1. The molecule has 0 aromatic rings. The first-order chi connectivity index (χ1) is 8.11. The second kappa shape index (κ2) is 5.71. The molecule has 0 unspecified atom stereocenters. The fourth-order valence-corrected chi connectivity index (χ4v) is 3.51. The van der Waals surface area contributed by atoms with E-state index in [-0.39, 0.29) is 0 Å². The molecule has 0 bridgehead atoms. The van der Waals surface area contributed by atoms with E-state index < -0.39 is 0 Å². The molecular formula is C15H30N2. The summed E-state index contributed by atoms with van der Waals surface area (Å²) in [4.78, 5) is 2.77. The third-order valence-electron chi connectivity index (χ3n) is 4.85. The normalized spacial score (nSPS) is 28.4. The van der Waals surface area contributed by atoms with Gasteiger partial charge in [0.25, 0.3) is 0 Å². The zero-order chi connectivity index (χ0) is 12.3. The Morgan fingerprint density at radius 1 is 1.06 bits per heavy atom. The Morgan fingerprint density at radius 2 is 1.65 bits per heavy atom. The van der Waals surface area contributed by atoms with Gasteiger partial charge in [-0.2, -0.15) is 0 Å². The number of hydrogen-bond donors (Lipinski definition) is 1.